The van der Waals surface area contributed by atoms with Crippen LogP contribution in [0.15, 0.2) is 82.6 Å². The first kappa shape index (κ1) is 23.3. The Bertz CT molecular complexity index is 1440. The molecular formula is C29H29ClN4O. The largest absolute Gasteiger partial charge is 0.344 e. The summed E-state index contributed by atoms with van der Waals surface area (Å²) in [6.07, 6.45) is 0. The van der Waals surface area contributed by atoms with Crippen LogP contribution in [0.3, 0.4) is 0 Å². The van der Waals surface area contributed by atoms with Gasteiger partial charge in [-0.05, 0) is 36.6 Å². The Morgan fingerprint density at radius 1 is 1.00 bits per heavy atom. The zero-order chi connectivity index (χ0) is 24.5. The molecule has 0 aliphatic carbocycles. The van der Waals surface area contributed by atoms with Crippen molar-refractivity contribution in [1.82, 2.24) is 14.5 Å². The number of hydrogen-bond donors (Lipinski definition) is 0. The van der Waals surface area contributed by atoms with Crippen LogP contribution in [0.5, 0.6) is 0 Å². The Morgan fingerprint density at radius 2 is 1.74 bits per heavy atom. The van der Waals surface area contributed by atoms with Crippen molar-refractivity contribution in [1.29, 1.82) is 0 Å². The third-order valence-electron chi connectivity index (χ3n) is 6.55. The van der Waals surface area contributed by atoms with Crippen molar-refractivity contribution < 1.29 is 0 Å². The van der Waals surface area contributed by atoms with Gasteiger partial charge in [0.05, 0.1) is 30.0 Å². The summed E-state index contributed by atoms with van der Waals surface area (Å²) in [5.41, 5.74) is 3.93. The molecule has 1 aliphatic rings. The molecule has 5 rings (SSSR count). The average Bonchev–Trinajstić information content (AvgIpc) is 3.31. The van der Waals surface area contributed by atoms with Gasteiger partial charge in [0.1, 0.15) is 11.7 Å². The molecule has 1 aliphatic heterocycles. The van der Waals surface area contributed by atoms with E-state index >= 15 is 0 Å². The lowest BCUT2D eigenvalue weighted by atomic mass is 9.99. The minimum Gasteiger partial charge on any atom is -0.344 e. The summed E-state index contributed by atoms with van der Waals surface area (Å²) in [6, 6.07) is 23.7. The second-order valence-corrected chi connectivity index (χ2v) is 9.90. The van der Waals surface area contributed by atoms with Gasteiger partial charge in [0.25, 0.3) is 5.56 Å². The fourth-order valence-corrected chi connectivity index (χ4v) is 5.01. The summed E-state index contributed by atoms with van der Waals surface area (Å²) in [7, 11) is 0. The molecule has 35 heavy (non-hydrogen) atoms. The summed E-state index contributed by atoms with van der Waals surface area (Å²) < 4.78 is 1.83. The Morgan fingerprint density at radius 3 is 2.46 bits per heavy atom. The molecule has 2 heterocycles. The molecule has 0 spiro atoms. The SMILES string of the molecule is Cc1ccc(C2=NCCN2[C@@H](c2nc3cc(Cl)ccc3c(=O)n2Cc2ccccc2)C(C)C)cc1. The minimum absolute atomic E-state index is 0.0517. The molecule has 178 valence electrons. The Kier molecular flexibility index (Phi) is 6.44. The normalized spacial score (nSPS) is 14.5. The number of rotatable bonds is 6. The molecule has 5 nitrogen and oxygen atoms in total. The molecule has 0 amide bonds. The summed E-state index contributed by atoms with van der Waals surface area (Å²) in [6.45, 7) is 8.39. The molecule has 0 saturated carbocycles. The number of benzene rings is 3. The molecule has 3 aromatic carbocycles. The second kappa shape index (κ2) is 9.67. The van der Waals surface area contributed by atoms with Crippen molar-refractivity contribution in [2.75, 3.05) is 13.1 Å². The molecule has 4 aromatic rings. The zero-order valence-electron chi connectivity index (χ0n) is 20.3. The van der Waals surface area contributed by atoms with Crippen LogP contribution in [-0.2, 0) is 6.54 Å². The number of fused-ring (bicyclic) bond motifs is 1. The maximum Gasteiger partial charge on any atom is 0.261 e. The lowest BCUT2D eigenvalue weighted by Gasteiger charge is -2.34. The first-order valence-electron chi connectivity index (χ1n) is 12.0. The number of aromatic nitrogens is 2. The topological polar surface area (TPSA) is 50.5 Å². The van der Waals surface area contributed by atoms with Crippen LogP contribution in [0, 0.1) is 12.8 Å². The van der Waals surface area contributed by atoms with Crippen molar-refractivity contribution in [2.45, 2.75) is 33.4 Å². The number of nitrogens with zero attached hydrogens (tertiary/aromatic N) is 4. The van der Waals surface area contributed by atoms with Crippen LogP contribution in [0.2, 0.25) is 5.02 Å². The van der Waals surface area contributed by atoms with E-state index in [-0.39, 0.29) is 17.5 Å². The van der Waals surface area contributed by atoms with Gasteiger partial charge in [-0.1, -0.05) is 85.6 Å². The van der Waals surface area contributed by atoms with Crippen LogP contribution >= 0.6 is 11.6 Å². The smallest absolute Gasteiger partial charge is 0.261 e. The van der Waals surface area contributed by atoms with Crippen LogP contribution in [0.25, 0.3) is 10.9 Å². The van der Waals surface area contributed by atoms with Gasteiger partial charge in [-0.2, -0.15) is 0 Å². The highest BCUT2D eigenvalue weighted by Crippen LogP contribution is 2.32. The fourth-order valence-electron chi connectivity index (χ4n) is 4.84. The van der Waals surface area contributed by atoms with E-state index in [1.165, 1.54) is 5.56 Å². The molecule has 0 unspecified atom stereocenters. The molecule has 1 atom stereocenters. The van der Waals surface area contributed by atoms with Gasteiger partial charge in [-0.15, -0.1) is 0 Å². The van der Waals surface area contributed by atoms with E-state index in [0.717, 1.165) is 35.9 Å². The van der Waals surface area contributed by atoms with Gasteiger partial charge in [0, 0.05) is 17.1 Å². The molecule has 0 N–H and O–H groups in total. The maximum absolute atomic E-state index is 13.8. The van der Waals surface area contributed by atoms with Crippen molar-refractivity contribution in [2.24, 2.45) is 10.9 Å². The zero-order valence-corrected chi connectivity index (χ0v) is 21.0. The van der Waals surface area contributed by atoms with E-state index < -0.39 is 0 Å². The molecular weight excluding hydrogens is 456 g/mol. The van der Waals surface area contributed by atoms with Crippen LogP contribution in [0.1, 0.15) is 42.4 Å². The molecule has 1 aromatic heterocycles. The fraction of sp³-hybridized carbons (Fsp3) is 0.276. The predicted octanol–water partition coefficient (Wildman–Crippen LogP) is 5.87. The number of hydrogen-bond acceptors (Lipinski definition) is 4. The average molecular weight is 485 g/mol. The lowest BCUT2D eigenvalue weighted by Crippen LogP contribution is -2.40. The molecule has 0 bridgehead atoms. The van der Waals surface area contributed by atoms with Crippen molar-refractivity contribution in [3.8, 4) is 0 Å². The minimum atomic E-state index is -0.127. The van der Waals surface area contributed by atoms with Gasteiger partial charge in [-0.3, -0.25) is 14.4 Å². The predicted molar refractivity (Wildman–Crippen MR) is 143 cm³/mol. The lowest BCUT2D eigenvalue weighted by molar-refractivity contribution is 0.250. The van der Waals surface area contributed by atoms with Crippen molar-refractivity contribution in [3.63, 3.8) is 0 Å². The highest BCUT2D eigenvalue weighted by atomic mass is 35.5. The maximum atomic E-state index is 13.8. The quantitative estimate of drug-likeness (QED) is 0.344. The van der Waals surface area contributed by atoms with E-state index in [4.69, 9.17) is 21.6 Å². The summed E-state index contributed by atoms with van der Waals surface area (Å²) in [4.78, 5) is 26.1. The van der Waals surface area contributed by atoms with E-state index in [1.54, 1.807) is 18.2 Å². The summed E-state index contributed by atoms with van der Waals surface area (Å²) in [5, 5.41) is 1.14. The molecule has 0 fully saturated rings. The van der Waals surface area contributed by atoms with Crippen molar-refractivity contribution >= 4 is 28.3 Å². The first-order valence-corrected chi connectivity index (χ1v) is 12.4. The van der Waals surface area contributed by atoms with Crippen molar-refractivity contribution in [3.05, 3.63) is 111 Å². The van der Waals surface area contributed by atoms with Crippen LogP contribution in [-0.4, -0.2) is 33.4 Å². The number of aliphatic imine (C=N–C) groups is 1. The van der Waals surface area contributed by atoms with Gasteiger partial charge in [0.15, 0.2) is 0 Å². The van der Waals surface area contributed by atoms with E-state index in [0.29, 0.717) is 22.5 Å². The number of halogens is 1. The van der Waals surface area contributed by atoms with Crippen LogP contribution < -0.4 is 5.56 Å². The summed E-state index contributed by atoms with van der Waals surface area (Å²) >= 11 is 6.30. The van der Waals surface area contributed by atoms with E-state index in [9.17, 15) is 4.79 Å². The van der Waals surface area contributed by atoms with E-state index in [1.807, 2.05) is 34.9 Å². The molecule has 0 saturated heterocycles. The Balaban J connectivity index is 1.69. The third kappa shape index (κ3) is 4.61. The highest BCUT2D eigenvalue weighted by Gasteiger charge is 2.33. The Hall–Kier alpha value is -3.44. The van der Waals surface area contributed by atoms with Gasteiger partial charge < -0.3 is 4.90 Å². The molecule has 6 heteroatoms. The van der Waals surface area contributed by atoms with Gasteiger partial charge in [-0.25, -0.2) is 4.98 Å². The molecule has 0 radical (unpaired) electrons. The first-order chi connectivity index (χ1) is 16.9. The monoisotopic (exact) mass is 484 g/mol. The van der Waals surface area contributed by atoms with Gasteiger partial charge in [0.2, 0.25) is 0 Å². The third-order valence-corrected chi connectivity index (χ3v) is 6.78. The van der Waals surface area contributed by atoms with Gasteiger partial charge >= 0.3 is 0 Å². The second-order valence-electron chi connectivity index (χ2n) is 9.46. The number of amidine groups is 1. The summed E-state index contributed by atoms with van der Waals surface area (Å²) in [5.74, 6) is 1.88. The standard InChI is InChI=1S/C29H29ClN4O/c1-19(2)26(33-16-15-31-27(33)22-11-9-20(3)10-12-22)28-32-25-17-23(30)13-14-24(25)29(35)34(28)18-21-7-5-4-6-8-21/h4-14,17,19,26H,15-16,18H2,1-3H3/t26-/m1/s1. The number of aryl methyl sites for hydroxylation is 1. The highest BCUT2D eigenvalue weighted by molar-refractivity contribution is 6.31. The Labute approximate surface area is 210 Å². The van der Waals surface area contributed by atoms with E-state index in [2.05, 4.69) is 49.9 Å². The van der Waals surface area contributed by atoms with Crippen LogP contribution in [0.4, 0.5) is 0 Å².